The minimum Gasteiger partial charge on any atom is -0.490 e. The van der Waals surface area contributed by atoms with Crippen molar-refractivity contribution in [1.82, 2.24) is 10.2 Å². The molecule has 0 radical (unpaired) electrons. The van der Waals surface area contributed by atoms with E-state index >= 15 is 0 Å². The fraction of sp³-hybridized carbons (Fsp3) is 0.714. The van der Waals surface area contributed by atoms with Gasteiger partial charge in [-0.2, -0.15) is 0 Å². The standard InChI is InChI=1S/C28H38N2O4/c1-30(25-20-12-17-13-21(25)16-28(33,14-17)15-20)27(32)19-4-8-23(9-5-19)34-24-10-6-22(7-11-24)29-26(31)18-2-3-18/h4-5,8-9,17-18,20-22,24-25,33H,2-3,6-7,10-16H2,1H3,(H,29,31). The molecule has 1 aromatic rings. The molecule has 6 aliphatic rings. The average molecular weight is 467 g/mol. The highest BCUT2D eigenvalue weighted by molar-refractivity contribution is 5.94. The Morgan fingerprint density at radius 2 is 1.62 bits per heavy atom. The molecule has 1 aromatic carbocycles. The fourth-order valence-electron chi connectivity index (χ4n) is 7.78. The van der Waals surface area contributed by atoms with E-state index in [1.165, 1.54) is 0 Å². The lowest BCUT2D eigenvalue weighted by Gasteiger charge is -2.59. The van der Waals surface area contributed by atoms with Gasteiger partial charge in [0.05, 0.1) is 11.7 Å². The Labute approximate surface area is 202 Å². The summed E-state index contributed by atoms with van der Waals surface area (Å²) in [6.45, 7) is 0. The zero-order chi connectivity index (χ0) is 23.4. The second-order valence-electron chi connectivity index (χ2n) is 12.0. The van der Waals surface area contributed by atoms with Crippen molar-refractivity contribution in [3.63, 3.8) is 0 Å². The van der Waals surface area contributed by atoms with Gasteiger partial charge in [-0.3, -0.25) is 9.59 Å². The number of aliphatic hydroxyl groups is 1. The number of hydrogen-bond acceptors (Lipinski definition) is 4. The maximum absolute atomic E-state index is 13.3. The summed E-state index contributed by atoms with van der Waals surface area (Å²) < 4.78 is 6.20. The first-order chi connectivity index (χ1) is 16.4. The summed E-state index contributed by atoms with van der Waals surface area (Å²) >= 11 is 0. The number of nitrogens with one attached hydrogen (secondary N) is 1. The van der Waals surface area contributed by atoms with Gasteiger partial charge in [-0.05, 0) is 113 Å². The number of rotatable bonds is 6. The van der Waals surface area contributed by atoms with Gasteiger partial charge in [-0.1, -0.05) is 0 Å². The summed E-state index contributed by atoms with van der Waals surface area (Å²) in [5.74, 6) is 2.88. The first-order valence-corrected chi connectivity index (χ1v) is 13.4. The Kier molecular flexibility index (Phi) is 5.63. The molecule has 0 saturated heterocycles. The average Bonchev–Trinajstić information content (AvgIpc) is 3.65. The highest BCUT2D eigenvalue weighted by Crippen LogP contribution is 2.56. The van der Waals surface area contributed by atoms with E-state index in [0.29, 0.717) is 23.3 Å². The third-order valence-electron chi connectivity index (χ3n) is 9.33. The zero-order valence-electron chi connectivity index (χ0n) is 20.2. The molecule has 0 heterocycles. The van der Waals surface area contributed by atoms with Crippen LogP contribution in [0.15, 0.2) is 24.3 Å². The molecule has 184 valence electrons. The Hall–Kier alpha value is -2.08. The van der Waals surface area contributed by atoms with E-state index in [1.54, 1.807) is 0 Å². The van der Waals surface area contributed by atoms with E-state index in [-0.39, 0.29) is 35.9 Å². The third-order valence-corrected chi connectivity index (χ3v) is 9.33. The van der Waals surface area contributed by atoms with Crippen molar-refractivity contribution in [1.29, 1.82) is 0 Å². The summed E-state index contributed by atoms with van der Waals surface area (Å²) in [7, 11) is 1.95. The molecule has 0 aliphatic heterocycles. The first kappa shape index (κ1) is 22.4. The Morgan fingerprint density at radius 1 is 0.971 bits per heavy atom. The van der Waals surface area contributed by atoms with Crippen molar-refractivity contribution in [3.8, 4) is 5.75 Å². The minimum atomic E-state index is -0.474. The minimum absolute atomic E-state index is 0.0722. The van der Waals surface area contributed by atoms with Gasteiger partial charge in [0.1, 0.15) is 5.75 Å². The van der Waals surface area contributed by atoms with E-state index < -0.39 is 5.60 Å². The van der Waals surface area contributed by atoms with Crippen LogP contribution in [0.3, 0.4) is 0 Å². The van der Waals surface area contributed by atoms with Crippen molar-refractivity contribution in [2.75, 3.05) is 7.05 Å². The molecular formula is C28H38N2O4. The number of carbonyl (C=O) groups excluding carboxylic acids is 2. The number of benzene rings is 1. The van der Waals surface area contributed by atoms with Gasteiger partial charge in [-0.25, -0.2) is 0 Å². The van der Waals surface area contributed by atoms with Gasteiger partial charge in [0.2, 0.25) is 5.91 Å². The molecule has 6 fully saturated rings. The summed E-state index contributed by atoms with van der Waals surface area (Å²) in [6.07, 6.45) is 11.0. The number of amides is 2. The van der Waals surface area contributed by atoms with Crippen LogP contribution in [0.1, 0.15) is 81.0 Å². The van der Waals surface area contributed by atoms with Gasteiger partial charge in [0, 0.05) is 30.6 Å². The molecule has 0 spiro atoms. The van der Waals surface area contributed by atoms with Crippen molar-refractivity contribution >= 4 is 11.8 Å². The van der Waals surface area contributed by atoms with Crippen molar-refractivity contribution in [2.45, 2.75) is 94.4 Å². The second kappa shape index (κ2) is 8.54. The van der Waals surface area contributed by atoms with Crippen LogP contribution in [-0.4, -0.2) is 52.7 Å². The molecule has 0 aromatic heterocycles. The van der Waals surface area contributed by atoms with E-state index in [4.69, 9.17) is 4.74 Å². The Morgan fingerprint density at radius 3 is 2.21 bits per heavy atom. The van der Waals surface area contributed by atoms with Crippen LogP contribution >= 0.6 is 0 Å². The van der Waals surface area contributed by atoms with Crippen LogP contribution in [0, 0.1) is 23.7 Å². The summed E-state index contributed by atoms with van der Waals surface area (Å²) in [6, 6.07) is 8.15. The molecular weight excluding hydrogens is 428 g/mol. The van der Waals surface area contributed by atoms with Gasteiger partial charge in [0.15, 0.2) is 0 Å². The van der Waals surface area contributed by atoms with Crippen LogP contribution in [0.2, 0.25) is 0 Å². The largest absolute Gasteiger partial charge is 0.490 e. The normalized spacial score (nSPS) is 38.4. The SMILES string of the molecule is CN(C(=O)c1ccc(OC2CCC(NC(=O)C3CC3)CC2)cc1)C1C2CC3CC1CC(O)(C3)C2. The van der Waals surface area contributed by atoms with E-state index in [0.717, 1.165) is 76.4 Å². The lowest BCUT2D eigenvalue weighted by atomic mass is 9.52. The second-order valence-corrected chi connectivity index (χ2v) is 12.0. The molecule has 2 atom stereocenters. The molecule has 2 unspecified atom stereocenters. The summed E-state index contributed by atoms with van der Waals surface area (Å²) in [4.78, 5) is 27.3. The molecule has 6 aliphatic carbocycles. The Balaban J connectivity index is 1.02. The number of carbonyl (C=O) groups is 2. The third kappa shape index (κ3) is 4.34. The maximum Gasteiger partial charge on any atom is 0.253 e. The van der Waals surface area contributed by atoms with Crippen molar-refractivity contribution in [3.05, 3.63) is 29.8 Å². The quantitative estimate of drug-likeness (QED) is 0.666. The van der Waals surface area contributed by atoms with Crippen LogP contribution in [0.25, 0.3) is 0 Å². The van der Waals surface area contributed by atoms with Crippen molar-refractivity contribution in [2.24, 2.45) is 23.7 Å². The topological polar surface area (TPSA) is 78.9 Å². The fourth-order valence-corrected chi connectivity index (χ4v) is 7.78. The van der Waals surface area contributed by atoms with Gasteiger partial charge < -0.3 is 20.1 Å². The highest BCUT2D eigenvalue weighted by Gasteiger charge is 2.56. The summed E-state index contributed by atoms with van der Waals surface area (Å²) in [5.41, 5.74) is 0.228. The van der Waals surface area contributed by atoms with Crippen LogP contribution in [0.4, 0.5) is 0 Å². The lowest BCUT2D eigenvalue weighted by Crippen LogP contribution is -2.61. The monoisotopic (exact) mass is 466 g/mol. The predicted octanol–water partition coefficient (Wildman–Crippen LogP) is 3.91. The molecule has 4 bridgehead atoms. The molecule has 6 saturated carbocycles. The smallest absolute Gasteiger partial charge is 0.253 e. The van der Waals surface area contributed by atoms with Gasteiger partial charge in [0.25, 0.3) is 5.91 Å². The lowest BCUT2D eigenvalue weighted by molar-refractivity contribution is -0.152. The molecule has 2 N–H and O–H groups in total. The summed E-state index contributed by atoms with van der Waals surface area (Å²) in [5, 5.41) is 14.1. The predicted molar refractivity (Wildman–Crippen MR) is 128 cm³/mol. The van der Waals surface area contributed by atoms with E-state index in [2.05, 4.69) is 5.32 Å². The highest BCUT2D eigenvalue weighted by atomic mass is 16.5. The van der Waals surface area contributed by atoms with E-state index in [9.17, 15) is 14.7 Å². The zero-order valence-corrected chi connectivity index (χ0v) is 20.2. The molecule has 7 rings (SSSR count). The van der Waals surface area contributed by atoms with E-state index in [1.807, 2.05) is 36.2 Å². The maximum atomic E-state index is 13.3. The molecule has 34 heavy (non-hydrogen) atoms. The molecule has 2 amide bonds. The van der Waals surface area contributed by atoms with Crippen molar-refractivity contribution < 1.29 is 19.4 Å². The van der Waals surface area contributed by atoms with Crippen LogP contribution < -0.4 is 10.1 Å². The first-order valence-electron chi connectivity index (χ1n) is 13.4. The molecule has 6 nitrogen and oxygen atoms in total. The number of hydrogen-bond donors (Lipinski definition) is 2. The van der Waals surface area contributed by atoms with Crippen LogP contribution in [0.5, 0.6) is 5.75 Å². The number of ether oxygens (including phenoxy) is 1. The number of nitrogens with zero attached hydrogens (tertiary/aromatic N) is 1. The van der Waals surface area contributed by atoms with Crippen LogP contribution in [-0.2, 0) is 4.79 Å². The molecule has 6 heteroatoms. The van der Waals surface area contributed by atoms with Gasteiger partial charge in [-0.15, -0.1) is 0 Å². The van der Waals surface area contributed by atoms with Gasteiger partial charge >= 0.3 is 0 Å². The Bertz CT molecular complexity index is 918.